The van der Waals surface area contributed by atoms with Gasteiger partial charge in [-0.15, -0.1) is 0 Å². The number of carboxylic acids is 1. The average Bonchev–Trinajstić information content (AvgIpc) is 2.86. The predicted octanol–water partition coefficient (Wildman–Crippen LogP) is 1.78. The molecule has 1 aromatic rings. The van der Waals surface area contributed by atoms with Gasteiger partial charge in [-0.25, -0.2) is 4.98 Å². The van der Waals surface area contributed by atoms with Crippen LogP contribution in [0.5, 0.6) is 0 Å². The first-order chi connectivity index (χ1) is 7.16. The third-order valence-corrected chi connectivity index (χ3v) is 2.96. The molecule has 1 fully saturated rings. The first-order valence-electron chi connectivity index (χ1n) is 5.36. The van der Waals surface area contributed by atoms with Crippen molar-refractivity contribution in [3.63, 3.8) is 0 Å². The van der Waals surface area contributed by atoms with E-state index >= 15 is 0 Å². The van der Waals surface area contributed by atoms with Crippen molar-refractivity contribution in [1.29, 1.82) is 0 Å². The molecule has 4 heteroatoms. The second-order valence-electron chi connectivity index (χ2n) is 4.37. The fourth-order valence-corrected chi connectivity index (χ4v) is 2.02. The molecule has 1 unspecified atom stereocenters. The number of carbonyl (C=O) groups is 1. The quantitative estimate of drug-likeness (QED) is 0.802. The molecule has 1 aromatic heterocycles. The SMILES string of the molecule is Cn1ccnc1C(CC(=O)O)CC1CC1. The Hall–Kier alpha value is -1.32. The molecule has 0 aromatic carbocycles. The Morgan fingerprint density at radius 1 is 1.73 bits per heavy atom. The summed E-state index contributed by atoms with van der Waals surface area (Å²) in [5.74, 6) is 0.981. The van der Waals surface area contributed by atoms with Crippen LogP contribution in [-0.2, 0) is 11.8 Å². The topological polar surface area (TPSA) is 55.1 Å². The van der Waals surface area contributed by atoms with Gasteiger partial charge >= 0.3 is 5.97 Å². The van der Waals surface area contributed by atoms with Crippen LogP contribution in [0.4, 0.5) is 0 Å². The van der Waals surface area contributed by atoms with E-state index in [1.54, 1.807) is 6.20 Å². The molecule has 4 nitrogen and oxygen atoms in total. The summed E-state index contributed by atoms with van der Waals surface area (Å²) in [6.07, 6.45) is 7.27. The first-order valence-corrected chi connectivity index (χ1v) is 5.36. The number of imidazole rings is 1. The van der Waals surface area contributed by atoms with E-state index in [1.165, 1.54) is 12.8 Å². The summed E-state index contributed by atoms with van der Waals surface area (Å²) < 4.78 is 1.93. The van der Waals surface area contributed by atoms with E-state index in [0.29, 0.717) is 0 Å². The number of aliphatic carboxylic acids is 1. The lowest BCUT2D eigenvalue weighted by molar-refractivity contribution is -0.137. The maximum absolute atomic E-state index is 10.8. The van der Waals surface area contributed by atoms with E-state index in [4.69, 9.17) is 5.11 Å². The van der Waals surface area contributed by atoms with Crippen LogP contribution in [-0.4, -0.2) is 20.6 Å². The second kappa shape index (κ2) is 4.04. The minimum Gasteiger partial charge on any atom is -0.481 e. The van der Waals surface area contributed by atoms with Gasteiger partial charge in [-0.05, 0) is 12.3 Å². The molecule has 15 heavy (non-hydrogen) atoms. The summed E-state index contributed by atoms with van der Waals surface area (Å²) in [5.41, 5.74) is 0. The number of nitrogens with zero attached hydrogens (tertiary/aromatic N) is 2. The molecule has 1 aliphatic rings. The standard InChI is InChI=1S/C11H16N2O2/c1-13-5-4-12-11(13)9(7-10(14)15)6-8-2-3-8/h4-5,8-9H,2-3,6-7H2,1H3,(H,14,15). The van der Waals surface area contributed by atoms with Gasteiger partial charge in [0.25, 0.3) is 0 Å². The Balaban J connectivity index is 2.09. The molecule has 82 valence electrons. The molecule has 1 heterocycles. The zero-order valence-electron chi connectivity index (χ0n) is 8.89. The van der Waals surface area contributed by atoms with E-state index in [9.17, 15) is 4.79 Å². The van der Waals surface area contributed by atoms with Gasteiger partial charge in [-0.2, -0.15) is 0 Å². The molecule has 0 aliphatic heterocycles. The molecule has 0 radical (unpaired) electrons. The van der Waals surface area contributed by atoms with Crippen LogP contribution >= 0.6 is 0 Å². The van der Waals surface area contributed by atoms with Crippen molar-refractivity contribution in [3.05, 3.63) is 18.2 Å². The van der Waals surface area contributed by atoms with Crippen LogP contribution in [0.2, 0.25) is 0 Å². The number of carboxylic acid groups (broad SMARTS) is 1. The molecule has 1 atom stereocenters. The smallest absolute Gasteiger partial charge is 0.304 e. The molecule has 2 rings (SSSR count). The van der Waals surface area contributed by atoms with Crippen LogP contribution < -0.4 is 0 Å². The third kappa shape index (κ3) is 2.58. The van der Waals surface area contributed by atoms with Crippen molar-refractivity contribution in [2.45, 2.75) is 31.6 Å². The van der Waals surface area contributed by atoms with Gasteiger partial charge in [0.05, 0.1) is 6.42 Å². The Morgan fingerprint density at radius 2 is 2.47 bits per heavy atom. The Kier molecular flexibility index (Phi) is 2.75. The number of aryl methyl sites for hydroxylation is 1. The highest BCUT2D eigenvalue weighted by molar-refractivity contribution is 5.67. The average molecular weight is 208 g/mol. The molecule has 0 saturated heterocycles. The van der Waals surface area contributed by atoms with E-state index in [2.05, 4.69) is 4.98 Å². The highest BCUT2D eigenvalue weighted by atomic mass is 16.4. The van der Waals surface area contributed by atoms with Crippen molar-refractivity contribution in [2.24, 2.45) is 13.0 Å². The van der Waals surface area contributed by atoms with Gasteiger partial charge in [0.2, 0.25) is 0 Å². The second-order valence-corrected chi connectivity index (χ2v) is 4.37. The fourth-order valence-electron chi connectivity index (χ4n) is 2.02. The normalized spacial score (nSPS) is 17.7. The molecule has 0 bridgehead atoms. The molecule has 1 saturated carbocycles. The van der Waals surface area contributed by atoms with Gasteiger partial charge < -0.3 is 9.67 Å². The highest BCUT2D eigenvalue weighted by Crippen LogP contribution is 2.39. The molecule has 0 spiro atoms. The van der Waals surface area contributed by atoms with Crippen LogP contribution in [0.15, 0.2) is 12.4 Å². The Labute approximate surface area is 88.9 Å². The van der Waals surface area contributed by atoms with Crippen LogP contribution in [0.3, 0.4) is 0 Å². The fraction of sp³-hybridized carbons (Fsp3) is 0.636. The molecule has 1 N–H and O–H groups in total. The lowest BCUT2D eigenvalue weighted by atomic mass is 9.97. The van der Waals surface area contributed by atoms with Crippen LogP contribution in [0.1, 0.15) is 37.4 Å². The van der Waals surface area contributed by atoms with Crippen LogP contribution in [0.25, 0.3) is 0 Å². The van der Waals surface area contributed by atoms with Gasteiger partial charge in [0, 0.05) is 25.4 Å². The molecular weight excluding hydrogens is 192 g/mol. The third-order valence-electron chi connectivity index (χ3n) is 2.96. The zero-order valence-corrected chi connectivity index (χ0v) is 8.89. The molecule has 1 aliphatic carbocycles. The minimum atomic E-state index is -0.733. The lowest BCUT2D eigenvalue weighted by Gasteiger charge is -2.13. The van der Waals surface area contributed by atoms with Crippen molar-refractivity contribution in [2.75, 3.05) is 0 Å². The van der Waals surface area contributed by atoms with E-state index in [1.807, 2.05) is 17.8 Å². The molecular formula is C11H16N2O2. The Bertz CT molecular complexity index is 355. The van der Waals surface area contributed by atoms with Gasteiger partial charge in [0.15, 0.2) is 0 Å². The summed E-state index contributed by atoms with van der Waals surface area (Å²) >= 11 is 0. The predicted molar refractivity (Wildman–Crippen MR) is 55.5 cm³/mol. The van der Waals surface area contributed by atoms with Gasteiger partial charge in [-0.1, -0.05) is 12.8 Å². The maximum Gasteiger partial charge on any atom is 0.304 e. The largest absolute Gasteiger partial charge is 0.481 e. The van der Waals surface area contributed by atoms with Crippen molar-refractivity contribution < 1.29 is 9.90 Å². The number of hydrogen-bond donors (Lipinski definition) is 1. The van der Waals surface area contributed by atoms with Gasteiger partial charge in [-0.3, -0.25) is 4.79 Å². The zero-order chi connectivity index (χ0) is 10.8. The van der Waals surface area contributed by atoms with Crippen molar-refractivity contribution in [3.8, 4) is 0 Å². The number of rotatable bonds is 5. The maximum atomic E-state index is 10.8. The summed E-state index contributed by atoms with van der Waals surface area (Å²) in [7, 11) is 1.92. The first kappa shape index (κ1) is 10.2. The van der Waals surface area contributed by atoms with E-state index in [0.717, 1.165) is 18.2 Å². The van der Waals surface area contributed by atoms with Crippen LogP contribution in [0, 0.1) is 5.92 Å². The van der Waals surface area contributed by atoms with E-state index in [-0.39, 0.29) is 12.3 Å². The Morgan fingerprint density at radius 3 is 2.93 bits per heavy atom. The van der Waals surface area contributed by atoms with Crippen molar-refractivity contribution >= 4 is 5.97 Å². The van der Waals surface area contributed by atoms with Crippen molar-refractivity contribution in [1.82, 2.24) is 9.55 Å². The summed E-state index contributed by atoms with van der Waals surface area (Å²) in [6, 6.07) is 0. The number of aromatic nitrogens is 2. The summed E-state index contributed by atoms with van der Waals surface area (Å²) in [4.78, 5) is 15.0. The van der Waals surface area contributed by atoms with Gasteiger partial charge in [0.1, 0.15) is 5.82 Å². The minimum absolute atomic E-state index is 0.0787. The highest BCUT2D eigenvalue weighted by Gasteiger charge is 2.29. The molecule has 0 amide bonds. The summed E-state index contributed by atoms with van der Waals surface area (Å²) in [5, 5.41) is 8.87. The summed E-state index contributed by atoms with van der Waals surface area (Å²) in [6.45, 7) is 0. The van der Waals surface area contributed by atoms with E-state index < -0.39 is 5.97 Å². The number of hydrogen-bond acceptors (Lipinski definition) is 2. The monoisotopic (exact) mass is 208 g/mol. The lowest BCUT2D eigenvalue weighted by Crippen LogP contribution is -2.11.